The van der Waals surface area contributed by atoms with Crippen LogP contribution in [-0.4, -0.2) is 33.1 Å². The Morgan fingerprint density at radius 1 is 1.03 bits per heavy atom. The first kappa shape index (κ1) is 23.5. The van der Waals surface area contributed by atoms with Crippen LogP contribution in [0.25, 0.3) is 0 Å². The first-order valence-corrected chi connectivity index (χ1v) is 12.6. The van der Waals surface area contributed by atoms with Crippen molar-refractivity contribution in [3.63, 3.8) is 0 Å². The molecule has 0 saturated carbocycles. The summed E-state index contributed by atoms with van der Waals surface area (Å²) in [6.07, 6.45) is 0.792. The molecule has 0 bridgehead atoms. The number of carbonyl (C=O) groups is 2. The van der Waals surface area contributed by atoms with E-state index in [1.165, 1.54) is 6.07 Å². The highest BCUT2D eigenvalue weighted by Crippen LogP contribution is 2.28. The molecule has 1 heterocycles. The summed E-state index contributed by atoms with van der Waals surface area (Å²) in [7, 11) is -2.23. The Morgan fingerprint density at radius 2 is 1.76 bits per heavy atom. The van der Waals surface area contributed by atoms with Gasteiger partial charge < -0.3 is 15.4 Å². The Balaban J connectivity index is 1.58. The summed E-state index contributed by atoms with van der Waals surface area (Å²) in [5, 5.41) is 5.63. The predicted molar refractivity (Wildman–Crippen MR) is 129 cm³/mol. The molecular formula is C26H26N2O5S. The van der Waals surface area contributed by atoms with Gasteiger partial charge in [0.25, 0.3) is 0 Å². The van der Waals surface area contributed by atoms with E-state index < -0.39 is 15.8 Å². The summed E-state index contributed by atoms with van der Waals surface area (Å²) in [4.78, 5) is 25.0. The van der Waals surface area contributed by atoms with Crippen LogP contribution in [0.4, 0.5) is 5.69 Å². The first-order chi connectivity index (χ1) is 16.4. The summed E-state index contributed by atoms with van der Waals surface area (Å²) < 4.78 is 32.1. The Labute approximate surface area is 199 Å². The van der Waals surface area contributed by atoms with E-state index in [0.29, 0.717) is 29.8 Å². The Morgan fingerprint density at radius 3 is 2.53 bits per heavy atom. The summed E-state index contributed by atoms with van der Waals surface area (Å²) in [5.74, 6) is -1.09. The monoisotopic (exact) mass is 478 g/mol. The lowest BCUT2D eigenvalue weighted by molar-refractivity contribution is -0.122. The van der Waals surface area contributed by atoms with Crippen LogP contribution >= 0.6 is 0 Å². The maximum absolute atomic E-state index is 13.4. The van der Waals surface area contributed by atoms with Crippen molar-refractivity contribution in [2.45, 2.75) is 30.2 Å². The SMILES string of the molecule is COc1ccccc1CNC(=O)C(CS(=O)(=O)c1ccc2c(c1)CCC(=O)N2)c1ccccc1. The molecule has 176 valence electrons. The molecule has 8 heteroatoms. The van der Waals surface area contributed by atoms with E-state index in [2.05, 4.69) is 10.6 Å². The van der Waals surface area contributed by atoms with Crippen molar-refractivity contribution in [1.82, 2.24) is 5.32 Å². The van der Waals surface area contributed by atoms with Crippen LogP contribution in [0.5, 0.6) is 5.75 Å². The quantitative estimate of drug-likeness (QED) is 0.516. The average Bonchev–Trinajstić information content (AvgIpc) is 2.86. The summed E-state index contributed by atoms with van der Waals surface area (Å²) in [6.45, 7) is 0.213. The van der Waals surface area contributed by atoms with Gasteiger partial charge in [-0.2, -0.15) is 0 Å². The third-order valence-corrected chi connectivity index (χ3v) is 7.63. The van der Waals surface area contributed by atoms with Crippen molar-refractivity contribution in [1.29, 1.82) is 0 Å². The second kappa shape index (κ2) is 10.1. The molecule has 1 atom stereocenters. The zero-order valence-corrected chi connectivity index (χ0v) is 19.6. The first-order valence-electron chi connectivity index (χ1n) is 11.0. The molecule has 3 aromatic rings. The molecule has 2 N–H and O–H groups in total. The molecular weight excluding hydrogens is 452 g/mol. The smallest absolute Gasteiger partial charge is 0.228 e. The topological polar surface area (TPSA) is 102 Å². The number of rotatable bonds is 8. The van der Waals surface area contributed by atoms with Crippen LogP contribution in [0.15, 0.2) is 77.7 Å². The lowest BCUT2D eigenvalue weighted by Crippen LogP contribution is -2.33. The number of ether oxygens (including phenoxy) is 1. The standard InChI is InChI=1S/C26H26N2O5S/c1-33-24-10-6-5-9-20(24)16-27-26(30)22(18-7-3-2-4-8-18)17-34(31,32)21-12-13-23-19(15-21)11-14-25(29)28-23/h2-10,12-13,15,22H,11,14,16-17H2,1H3,(H,27,30)(H,28,29). The number of carbonyl (C=O) groups excluding carboxylic acids is 2. The molecule has 0 saturated heterocycles. The number of hydrogen-bond acceptors (Lipinski definition) is 5. The molecule has 1 unspecified atom stereocenters. The molecule has 2 amide bonds. The average molecular weight is 479 g/mol. The number of amides is 2. The molecule has 0 fully saturated rings. The molecule has 0 aliphatic carbocycles. The molecule has 0 aromatic heterocycles. The number of benzene rings is 3. The van der Waals surface area contributed by atoms with Crippen molar-refractivity contribution in [2.75, 3.05) is 18.2 Å². The number of anilines is 1. The van der Waals surface area contributed by atoms with Gasteiger partial charge in [-0.25, -0.2) is 8.42 Å². The second-order valence-corrected chi connectivity index (χ2v) is 10.2. The summed E-state index contributed by atoms with van der Waals surface area (Å²) >= 11 is 0. The van der Waals surface area contributed by atoms with E-state index in [9.17, 15) is 18.0 Å². The van der Waals surface area contributed by atoms with Gasteiger partial charge in [0.2, 0.25) is 11.8 Å². The van der Waals surface area contributed by atoms with E-state index in [0.717, 1.165) is 11.1 Å². The Hall–Kier alpha value is -3.65. The number of para-hydroxylation sites is 1. The summed E-state index contributed by atoms with van der Waals surface area (Å²) in [6, 6.07) is 20.9. The molecule has 1 aliphatic rings. The number of fused-ring (bicyclic) bond motifs is 1. The van der Waals surface area contributed by atoms with Crippen LogP contribution in [0.2, 0.25) is 0 Å². The summed E-state index contributed by atoms with van der Waals surface area (Å²) in [5.41, 5.74) is 2.82. The van der Waals surface area contributed by atoms with E-state index in [1.54, 1.807) is 49.6 Å². The molecule has 0 spiro atoms. The van der Waals surface area contributed by atoms with Crippen LogP contribution in [0.3, 0.4) is 0 Å². The minimum Gasteiger partial charge on any atom is -0.496 e. The molecule has 4 rings (SSSR count). The molecule has 0 radical (unpaired) electrons. The fraction of sp³-hybridized carbons (Fsp3) is 0.231. The van der Waals surface area contributed by atoms with Gasteiger partial charge in [0, 0.05) is 24.2 Å². The van der Waals surface area contributed by atoms with E-state index >= 15 is 0 Å². The third kappa shape index (κ3) is 5.28. The van der Waals surface area contributed by atoms with Crippen molar-refractivity contribution in [2.24, 2.45) is 0 Å². The highest BCUT2D eigenvalue weighted by molar-refractivity contribution is 7.91. The Kier molecular flexibility index (Phi) is 6.98. The van der Waals surface area contributed by atoms with Gasteiger partial charge in [0.15, 0.2) is 9.84 Å². The van der Waals surface area contributed by atoms with Gasteiger partial charge >= 0.3 is 0 Å². The molecule has 1 aliphatic heterocycles. The van der Waals surface area contributed by atoms with Gasteiger partial charge in [-0.1, -0.05) is 48.5 Å². The zero-order valence-electron chi connectivity index (χ0n) is 18.8. The largest absolute Gasteiger partial charge is 0.496 e. The van der Waals surface area contributed by atoms with Gasteiger partial charge in [-0.15, -0.1) is 0 Å². The fourth-order valence-corrected chi connectivity index (χ4v) is 5.60. The number of nitrogens with one attached hydrogen (secondary N) is 2. The maximum atomic E-state index is 13.4. The highest BCUT2D eigenvalue weighted by Gasteiger charge is 2.29. The second-order valence-electron chi connectivity index (χ2n) is 8.14. The third-order valence-electron chi connectivity index (χ3n) is 5.88. The van der Waals surface area contributed by atoms with Gasteiger partial charge in [0.05, 0.1) is 23.7 Å². The minimum atomic E-state index is -3.79. The van der Waals surface area contributed by atoms with Crippen molar-refractivity contribution in [3.05, 3.63) is 89.5 Å². The van der Waals surface area contributed by atoms with Gasteiger partial charge in [-0.05, 0) is 41.8 Å². The van der Waals surface area contributed by atoms with Crippen LogP contribution in [-0.2, 0) is 32.4 Å². The van der Waals surface area contributed by atoms with Gasteiger partial charge in [-0.3, -0.25) is 9.59 Å². The highest BCUT2D eigenvalue weighted by atomic mass is 32.2. The van der Waals surface area contributed by atoms with Crippen LogP contribution < -0.4 is 15.4 Å². The van der Waals surface area contributed by atoms with Crippen LogP contribution in [0.1, 0.15) is 29.0 Å². The lowest BCUT2D eigenvalue weighted by atomic mass is 10.00. The number of methoxy groups -OCH3 is 1. The minimum absolute atomic E-state index is 0.0843. The van der Waals surface area contributed by atoms with E-state index in [1.807, 2.05) is 24.3 Å². The molecule has 3 aromatic carbocycles. The predicted octanol–water partition coefficient (Wildman–Crippen LogP) is 3.45. The lowest BCUT2D eigenvalue weighted by Gasteiger charge is -2.20. The Bertz CT molecular complexity index is 1310. The van der Waals surface area contributed by atoms with Crippen molar-refractivity contribution >= 4 is 27.3 Å². The number of aryl methyl sites for hydroxylation is 1. The zero-order chi connectivity index (χ0) is 24.1. The van der Waals surface area contributed by atoms with Gasteiger partial charge in [0.1, 0.15) is 5.75 Å². The fourth-order valence-electron chi connectivity index (χ4n) is 4.03. The number of sulfone groups is 1. The van der Waals surface area contributed by atoms with Crippen molar-refractivity contribution in [3.8, 4) is 5.75 Å². The molecule has 7 nitrogen and oxygen atoms in total. The van der Waals surface area contributed by atoms with Crippen LogP contribution in [0, 0.1) is 0 Å². The number of hydrogen-bond donors (Lipinski definition) is 2. The molecule has 34 heavy (non-hydrogen) atoms. The van der Waals surface area contributed by atoms with Crippen molar-refractivity contribution < 1.29 is 22.7 Å². The van der Waals surface area contributed by atoms with E-state index in [4.69, 9.17) is 4.74 Å². The maximum Gasteiger partial charge on any atom is 0.228 e. The normalized spacial score (nSPS) is 14.0. The van der Waals surface area contributed by atoms with E-state index in [-0.39, 0.29) is 29.0 Å².